The van der Waals surface area contributed by atoms with Gasteiger partial charge < -0.3 is 14.8 Å². The van der Waals surface area contributed by atoms with E-state index in [1.165, 1.54) is 12.1 Å². The highest BCUT2D eigenvalue weighted by atomic mass is 19.1. The number of ketones is 1. The summed E-state index contributed by atoms with van der Waals surface area (Å²) in [5.41, 5.74) is 2.92. The quantitative estimate of drug-likeness (QED) is 0.620. The number of benzene rings is 2. The average Bonchev–Trinajstić information content (AvgIpc) is 3.20. The van der Waals surface area contributed by atoms with E-state index in [-0.39, 0.29) is 17.0 Å². The molecule has 1 aliphatic carbocycles. The fourth-order valence-corrected chi connectivity index (χ4v) is 4.66. The molecule has 1 unspecified atom stereocenters. The lowest BCUT2D eigenvalue weighted by Gasteiger charge is -2.38. The molecule has 2 heterocycles. The van der Waals surface area contributed by atoms with Gasteiger partial charge in [0.1, 0.15) is 11.9 Å². The number of nitrogens with one attached hydrogen (secondary N) is 1. The number of aromatic nitrogens is 3. The zero-order valence-corrected chi connectivity index (χ0v) is 19.0. The van der Waals surface area contributed by atoms with Crippen LogP contribution >= 0.6 is 0 Å². The first-order valence-corrected chi connectivity index (χ1v) is 10.8. The van der Waals surface area contributed by atoms with Crippen LogP contribution in [0, 0.1) is 11.2 Å². The first-order chi connectivity index (χ1) is 15.8. The predicted octanol–water partition coefficient (Wildman–Crippen LogP) is 4.76. The van der Waals surface area contributed by atoms with Gasteiger partial charge in [-0.25, -0.2) is 9.07 Å². The van der Waals surface area contributed by atoms with Gasteiger partial charge in [0, 0.05) is 23.3 Å². The smallest absolute Gasteiger partial charge is 0.226 e. The zero-order chi connectivity index (χ0) is 23.3. The number of nitrogens with zero attached hydrogens (tertiary/aromatic N) is 3. The molecule has 170 valence electrons. The molecule has 2 aromatic carbocycles. The Labute approximate surface area is 191 Å². The van der Waals surface area contributed by atoms with Crippen molar-refractivity contribution in [2.45, 2.75) is 32.7 Å². The van der Waals surface area contributed by atoms with Crippen molar-refractivity contribution in [3.63, 3.8) is 0 Å². The summed E-state index contributed by atoms with van der Waals surface area (Å²) in [6, 6.07) is 11.2. The average molecular weight is 448 g/mol. The van der Waals surface area contributed by atoms with Crippen LogP contribution in [0.5, 0.6) is 11.5 Å². The van der Waals surface area contributed by atoms with E-state index in [1.54, 1.807) is 31.0 Å². The number of allylic oxidation sites excluding steroid dienone is 2. The molecule has 3 aromatic rings. The predicted molar refractivity (Wildman–Crippen MR) is 122 cm³/mol. The van der Waals surface area contributed by atoms with Crippen LogP contribution in [0.25, 0.3) is 11.4 Å². The molecule has 1 N–H and O–H groups in total. The molecule has 0 saturated heterocycles. The minimum absolute atomic E-state index is 0.0815. The van der Waals surface area contributed by atoms with Gasteiger partial charge in [0.15, 0.2) is 23.1 Å². The third-order valence-corrected chi connectivity index (χ3v) is 6.16. The summed E-state index contributed by atoms with van der Waals surface area (Å²) in [5, 5.41) is 8.09. The largest absolute Gasteiger partial charge is 0.493 e. The minimum Gasteiger partial charge on any atom is -0.493 e. The van der Waals surface area contributed by atoms with Crippen molar-refractivity contribution in [1.82, 2.24) is 14.8 Å². The molecule has 8 heteroatoms. The highest BCUT2D eigenvalue weighted by molar-refractivity contribution is 6.00. The van der Waals surface area contributed by atoms with Crippen LogP contribution in [-0.4, -0.2) is 34.8 Å². The van der Waals surface area contributed by atoms with E-state index in [2.05, 4.69) is 24.1 Å². The lowest BCUT2D eigenvalue weighted by atomic mass is 9.73. The number of ether oxygens (including phenoxy) is 2. The Morgan fingerprint density at radius 1 is 1.06 bits per heavy atom. The molecule has 0 spiro atoms. The van der Waals surface area contributed by atoms with Crippen LogP contribution in [0.1, 0.15) is 38.3 Å². The number of rotatable bonds is 4. The number of fused-ring (bicyclic) bond motifs is 1. The number of halogens is 1. The van der Waals surface area contributed by atoms with Gasteiger partial charge in [0.2, 0.25) is 5.95 Å². The Hall–Kier alpha value is -3.68. The van der Waals surface area contributed by atoms with Crippen LogP contribution in [-0.2, 0) is 4.79 Å². The molecule has 0 bridgehead atoms. The van der Waals surface area contributed by atoms with Crippen LogP contribution < -0.4 is 14.8 Å². The van der Waals surface area contributed by atoms with E-state index in [4.69, 9.17) is 14.6 Å². The highest BCUT2D eigenvalue weighted by Gasteiger charge is 2.42. The summed E-state index contributed by atoms with van der Waals surface area (Å²) >= 11 is 0. The Morgan fingerprint density at radius 2 is 1.79 bits per heavy atom. The Morgan fingerprint density at radius 3 is 2.48 bits per heavy atom. The number of hydrogen-bond acceptors (Lipinski definition) is 6. The summed E-state index contributed by atoms with van der Waals surface area (Å²) in [4.78, 5) is 18.1. The Balaban J connectivity index is 1.68. The molecule has 1 atom stereocenters. The molecule has 0 amide bonds. The molecule has 1 aromatic heterocycles. The minimum atomic E-state index is -0.471. The lowest BCUT2D eigenvalue weighted by molar-refractivity contribution is -0.118. The van der Waals surface area contributed by atoms with Crippen molar-refractivity contribution in [2.75, 3.05) is 19.5 Å². The molecular formula is C25H25FN4O3. The SMILES string of the molecule is COc1ccc(C2C3=C(CC(C)(C)CC3=O)Nc3nc(-c4ccc(F)cc4)nn32)cc1OC. The van der Waals surface area contributed by atoms with E-state index in [1.807, 2.05) is 18.2 Å². The monoisotopic (exact) mass is 448 g/mol. The Kier molecular flexibility index (Phi) is 4.96. The molecule has 5 rings (SSSR count). The van der Waals surface area contributed by atoms with Gasteiger partial charge in [-0.05, 0) is 53.8 Å². The second-order valence-corrected chi connectivity index (χ2v) is 9.19. The summed E-state index contributed by atoms with van der Waals surface area (Å²) in [6.07, 6.45) is 1.17. The van der Waals surface area contributed by atoms with Crippen molar-refractivity contribution in [2.24, 2.45) is 5.41 Å². The molecule has 0 radical (unpaired) electrons. The molecule has 0 saturated carbocycles. The topological polar surface area (TPSA) is 78.3 Å². The molecular weight excluding hydrogens is 423 g/mol. The van der Waals surface area contributed by atoms with Gasteiger partial charge in [-0.3, -0.25) is 4.79 Å². The fraction of sp³-hybridized carbons (Fsp3) is 0.320. The third-order valence-electron chi connectivity index (χ3n) is 6.16. The second kappa shape index (κ2) is 7.72. The van der Waals surface area contributed by atoms with Crippen molar-refractivity contribution in [1.29, 1.82) is 0 Å². The van der Waals surface area contributed by atoms with Gasteiger partial charge in [0.05, 0.1) is 14.2 Å². The van der Waals surface area contributed by atoms with Crippen molar-refractivity contribution in [3.05, 3.63) is 65.1 Å². The standard InChI is InChI=1S/C25H25FN4O3/c1-25(2)12-17-21(18(31)13-25)22(15-7-10-19(32-3)20(11-15)33-4)30-24(27-17)28-23(29-30)14-5-8-16(26)9-6-14/h5-11,22H,12-13H2,1-4H3,(H,27,28,29). The maximum atomic E-state index is 13.4. The van der Waals surface area contributed by atoms with Gasteiger partial charge in [-0.1, -0.05) is 19.9 Å². The van der Waals surface area contributed by atoms with Gasteiger partial charge in [-0.15, -0.1) is 5.10 Å². The molecule has 33 heavy (non-hydrogen) atoms. The van der Waals surface area contributed by atoms with E-state index in [0.717, 1.165) is 17.7 Å². The second-order valence-electron chi connectivity index (χ2n) is 9.19. The summed E-state index contributed by atoms with van der Waals surface area (Å²) in [7, 11) is 3.16. The summed E-state index contributed by atoms with van der Waals surface area (Å²) in [6.45, 7) is 4.18. The van der Waals surface area contributed by atoms with Crippen molar-refractivity contribution < 1.29 is 18.7 Å². The number of carbonyl (C=O) groups is 1. The molecule has 2 aliphatic rings. The van der Waals surface area contributed by atoms with Gasteiger partial charge in [-0.2, -0.15) is 4.98 Å². The number of methoxy groups -OCH3 is 2. The fourth-order valence-electron chi connectivity index (χ4n) is 4.66. The first-order valence-electron chi connectivity index (χ1n) is 10.8. The highest BCUT2D eigenvalue weighted by Crippen LogP contribution is 2.46. The maximum absolute atomic E-state index is 13.4. The number of hydrogen-bond donors (Lipinski definition) is 1. The number of anilines is 1. The normalized spacial score (nSPS) is 18.9. The lowest BCUT2D eigenvalue weighted by Crippen LogP contribution is -2.36. The molecule has 1 aliphatic heterocycles. The van der Waals surface area contributed by atoms with Crippen LogP contribution in [0.2, 0.25) is 0 Å². The van der Waals surface area contributed by atoms with Crippen molar-refractivity contribution >= 4 is 11.7 Å². The van der Waals surface area contributed by atoms with Crippen LogP contribution in [0.4, 0.5) is 10.3 Å². The van der Waals surface area contributed by atoms with E-state index < -0.39 is 6.04 Å². The Bertz CT molecular complexity index is 1280. The van der Waals surface area contributed by atoms with E-state index >= 15 is 0 Å². The summed E-state index contributed by atoms with van der Waals surface area (Å²) < 4.78 is 26.1. The van der Waals surface area contributed by atoms with Crippen molar-refractivity contribution in [3.8, 4) is 22.9 Å². The van der Waals surface area contributed by atoms with Crippen LogP contribution in [0.3, 0.4) is 0 Å². The van der Waals surface area contributed by atoms with E-state index in [9.17, 15) is 9.18 Å². The first kappa shape index (κ1) is 21.2. The molecule has 7 nitrogen and oxygen atoms in total. The number of carbonyl (C=O) groups excluding carboxylic acids is 1. The summed E-state index contributed by atoms with van der Waals surface area (Å²) in [5.74, 6) is 1.92. The maximum Gasteiger partial charge on any atom is 0.226 e. The zero-order valence-electron chi connectivity index (χ0n) is 19.0. The van der Waals surface area contributed by atoms with Gasteiger partial charge >= 0.3 is 0 Å². The van der Waals surface area contributed by atoms with E-state index in [0.29, 0.717) is 40.8 Å². The third kappa shape index (κ3) is 3.65. The number of Topliss-reactive ketones (excluding diaryl/α,β-unsaturated/α-hetero) is 1. The van der Waals surface area contributed by atoms with Crippen LogP contribution in [0.15, 0.2) is 53.7 Å². The molecule has 0 fully saturated rings. The van der Waals surface area contributed by atoms with Gasteiger partial charge in [0.25, 0.3) is 0 Å².